The summed E-state index contributed by atoms with van der Waals surface area (Å²) in [6, 6.07) is 0. The molecule has 0 saturated heterocycles. The van der Waals surface area contributed by atoms with E-state index in [1.165, 1.54) is 243 Å². The van der Waals surface area contributed by atoms with Gasteiger partial charge < -0.3 is 14.2 Å². The lowest BCUT2D eigenvalue weighted by molar-refractivity contribution is -0.156. The number of hydrogen-bond acceptors (Lipinski definition) is 7. The number of carbonyl (C=O) groups excluding carboxylic acids is 4. The molecule has 0 aromatic heterocycles. The molecule has 0 saturated carbocycles. The van der Waals surface area contributed by atoms with Gasteiger partial charge in [-0.15, -0.1) is 0 Å². The summed E-state index contributed by atoms with van der Waals surface area (Å²) in [6.07, 6.45) is 83.1. The van der Waals surface area contributed by atoms with E-state index in [9.17, 15) is 19.2 Å². The number of carbonyl (C=O) groups is 4. The number of unbranched alkanes of at least 4 members (excludes halogenated alkanes) is 24. The Bertz CT molecular complexity index is 2910. The zero-order chi connectivity index (χ0) is 75.9. The van der Waals surface area contributed by atoms with E-state index in [2.05, 4.69) is 165 Å². The van der Waals surface area contributed by atoms with Gasteiger partial charge >= 0.3 is 23.9 Å². The SMILES string of the molecule is CCC(=O)OCC=C(C)C=CC=C(C)C=CC1=C(C)CCCC1(C)C.CCCCCCCCCCCCCCCC(=O)OC(=O)C=C(C)C=CC=C(C)C=CC1=C(C)CCCC1(C)C.CCCCCCCCCCCCCCCC(=O)OCC=C(C)C=CC=C(C)C=CC1=C(C)CCCC1(C)C. The van der Waals surface area contributed by atoms with Crippen molar-refractivity contribution in [1.82, 2.24) is 0 Å². The highest BCUT2D eigenvalue weighted by Crippen LogP contribution is 2.43. The van der Waals surface area contributed by atoms with Gasteiger partial charge in [-0.3, -0.25) is 14.4 Å². The molecular formula is C95H152O7. The number of ether oxygens (including phenoxy) is 3. The van der Waals surface area contributed by atoms with E-state index in [1.54, 1.807) is 6.92 Å². The van der Waals surface area contributed by atoms with Crippen LogP contribution in [-0.4, -0.2) is 37.1 Å². The Morgan fingerprint density at radius 2 is 0.637 bits per heavy atom. The van der Waals surface area contributed by atoms with Crippen LogP contribution in [0.1, 0.15) is 369 Å². The van der Waals surface area contributed by atoms with Crippen LogP contribution in [0.25, 0.3) is 0 Å². The summed E-state index contributed by atoms with van der Waals surface area (Å²) < 4.78 is 15.4. The number of hydrogen-bond donors (Lipinski definition) is 0. The summed E-state index contributed by atoms with van der Waals surface area (Å²) >= 11 is 0. The normalized spacial score (nSPS) is 17.2. The molecule has 102 heavy (non-hydrogen) atoms. The second-order valence-corrected chi connectivity index (χ2v) is 31.9. The fourth-order valence-corrected chi connectivity index (χ4v) is 13.7. The molecule has 0 bridgehead atoms. The molecule has 0 aromatic carbocycles. The van der Waals surface area contributed by atoms with E-state index in [4.69, 9.17) is 14.2 Å². The van der Waals surface area contributed by atoms with Crippen molar-refractivity contribution in [1.29, 1.82) is 0 Å². The number of rotatable bonds is 46. The summed E-state index contributed by atoms with van der Waals surface area (Å²) in [7, 11) is 0. The van der Waals surface area contributed by atoms with E-state index in [-0.39, 0.29) is 28.2 Å². The van der Waals surface area contributed by atoms with Crippen molar-refractivity contribution in [2.24, 2.45) is 16.2 Å². The number of allylic oxidation sites excluding steroid dienone is 27. The molecule has 3 aliphatic carbocycles. The van der Waals surface area contributed by atoms with Gasteiger partial charge in [-0.05, 0) is 184 Å². The molecule has 0 heterocycles. The average Bonchev–Trinajstić information content (AvgIpc) is 0.839. The Labute approximate surface area is 628 Å². The lowest BCUT2D eigenvalue weighted by Gasteiger charge is -2.33. The maximum Gasteiger partial charge on any atom is 0.338 e. The average molecular weight is 1410 g/mol. The Morgan fingerprint density at radius 3 is 0.941 bits per heavy atom. The van der Waals surface area contributed by atoms with Crippen LogP contribution in [0.5, 0.6) is 0 Å². The fraction of sp³-hybridized carbons (Fsp3) is 0.642. The van der Waals surface area contributed by atoms with Gasteiger partial charge in [-0.25, -0.2) is 4.79 Å². The van der Waals surface area contributed by atoms with E-state index < -0.39 is 11.9 Å². The van der Waals surface area contributed by atoms with Gasteiger partial charge in [-0.2, -0.15) is 0 Å². The van der Waals surface area contributed by atoms with E-state index in [1.807, 2.05) is 56.4 Å². The van der Waals surface area contributed by atoms with Crippen molar-refractivity contribution < 1.29 is 33.4 Å². The molecule has 0 fully saturated rings. The van der Waals surface area contributed by atoms with Gasteiger partial charge in [0, 0.05) is 25.3 Å². The van der Waals surface area contributed by atoms with Gasteiger partial charge in [0.2, 0.25) is 0 Å². The van der Waals surface area contributed by atoms with Crippen molar-refractivity contribution in [3.63, 3.8) is 0 Å². The lowest BCUT2D eigenvalue weighted by atomic mass is 9.72. The highest BCUT2D eigenvalue weighted by Gasteiger charge is 2.28. The van der Waals surface area contributed by atoms with Crippen molar-refractivity contribution in [2.75, 3.05) is 13.2 Å². The van der Waals surface area contributed by atoms with Crippen molar-refractivity contribution in [3.8, 4) is 0 Å². The molecule has 7 nitrogen and oxygen atoms in total. The zero-order valence-electron chi connectivity index (χ0n) is 69.0. The third kappa shape index (κ3) is 48.3. The minimum atomic E-state index is -0.584. The Hall–Kier alpha value is -5.82. The van der Waals surface area contributed by atoms with Gasteiger partial charge in [-0.1, -0.05) is 352 Å². The summed E-state index contributed by atoms with van der Waals surface area (Å²) in [5.41, 5.74) is 16.3. The van der Waals surface area contributed by atoms with Gasteiger partial charge in [0.25, 0.3) is 0 Å². The topological polar surface area (TPSA) is 96.0 Å². The van der Waals surface area contributed by atoms with Crippen LogP contribution in [-0.2, 0) is 33.4 Å². The minimum absolute atomic E-state index is 0.0720. The monoisotopic (exact) mass is 1410 g/mol. The molecular weight excluding hydrogens is 1250 g/mol. The first-order valence-electron chi connectivity index (χ1n) is 40.9. The Balaban J connectivity index is 0.000000784. The Kier molecular flexibility index (Phi) is 53.1. The van der Waals surface area contributed by atoms with Crippen LogP contribution >= 0.6 is 0 Å². The molecule has 0 N–H and O–H groups in total. The predicted octanol–water partition coefficient (Wildman–Crippen LogP) is 29.1. The third-order valence-electron chi connectivity index (χ3n) is 20.4. The van der Waals surface area contributed by atoms with Gasteiger partial charge in [0.15, 0.2) is 0 Å². The van der Waals surface area contributed by atoms with Crippen molar-refractivity contribution >= 4 is 23.9 Å². The lowest BCUT2D eigenvalue weighted by Crippen LogP contribution is -2.19. The quantitative estimate of drug-likeness (QED) is 0.0150. The van der Waals surface area contributed by atoms with Crippen LogP contribution in [0.3, 0.4) is 0 Å². The van der Waals surface area contributed by atoms with Gasteiger partial charge in [0.1, 0.15) is 13.2 Å². The summed E-state index contributed by atoms with van der Waals surface area (Å²) in [5.74, 6) is -1.24. The van der Waals surface area contributed by atoms with E-state index in [0.717, 1.165) is 54.4 Å². The molecule has 0 amide bonds. The molecule has 0 unspecified atom stereocenters. The molecule has 0 atom stereocenters. The zero-order valence-corrected chi connectivity index (χ0v) is 69.0. The highest BCUT2D eigenvalue weighted by molar-refractivity contribution is 5.92. The maximum atomic E-state index is 12.1. The molecule has 0 aliphatic heterocycles. The Morgan fingerprint density at radius 1 is 0.353 bits per heavy atom. The molecule has 0 aromatic rings. The smallest absolute Gasteiger partial charge is 0.338 e. The van der Waals surface area contributed by atoms with Crippen LogP contribution in [0.15, 0.2) is 176 Å². The third-order valence-corrected chi connectivity index (χ3v) is 20.4. The standard InChI is InChI=1S/C36H58O3.C36H60O2.C23H34O2/c1-7-8-9-10-11-12-13-14-15-16-17-18-19-25-34(37)39-35(38)29-31(3)23-20-22-30(2)26-27-33-32(4)24-21-28-36(33,5)6;1-7-8-9-10-11-12-13-14-15-16-17-18-19-25-35(37)38-30-28-32(3)23-20-22-31(2)26-27-34-33(4)24-21-29-36(34,5)6;1-7-22(24)25-17-15-19(3)11-8-10-18(2)13-14-21-20(4)12-9-16-23(21,5)6/h20,22-23,26-27,29H,7-19,21,24-25,28H2,1-6H3;20,22-23,26-28H,7-19,21,24-25,29-30H2,1-6H3;8,10-11,13-15H,7,9,12,16-17H2,1-6H3. The van der Waals surface area contributed by atoms with Crippen molar-refractivity contribution in [2.45, 2.75) is 369 Å². The van der Waals surface area contributed by atoms with Gasteiger partial charge in [0.05, 0.1) is 0 Å². The van der Waals surface area contributed by atoms with E-state index >= 15 is 0 Å². The molecule has 574 valence electrons. The predicted molar refractivity (Wildman–Crippen MR) is 442 cm³/mol. The maximum absolute atomic E-state index is 12.1. The van der Waals surface area contributed by atoms with E-state index in [0.29, 0.717) is 32.5 Å². The molecule has 0 spiro atoms. The second kappa shape index (κ2) is 57.5. The molecule has 0 radical (unpaired) electrons. The van der Waals surface area contributed by atoms with Crippen LogP contribution in [0, 0.1) is 16.2 Å². The molecule has 7 heteroatoms. The largest absolute Gasteiger partial charge is 0.461 e. The minimum Gasteiger partial charge on any atom is -0.461 e. The fourth-order valence-electron chi connectivity index (χ4n) is 13.7. The molecule has 3 aliphatic rings. The molecule has 3 rings (SSSR count). The van der Waals surface area contributed by atoms with Crippen LogP contribution in [0.4, 0.5) is 0 Å². The van der Waals surface area contributed by atoms with Crippen molar-refractivity contribution in [3.05, 3.63) is 176 Å². The first kappa shape index (κ1) is 94.2. The first-order chi connectivity index (χ1) is 48.7. The highest BCUT2D eigenvalue weighted by atomic mass is 16.6. The second-order valence-electron chi connectivity index (χ2n) is 31.9. The van der Waals surface area contributed by atoms with Crippen LogP contribution < -0.4 is 0 Å². The summed E-state index contributed by atoms with van der Waals surface area (Å²) in [4.78, 5) is 47.2. The van der Waals surface area contributed by atoms with Crippen LogP contribution in [0.2, 0.25) is 0 Å². The summed E-state index contributed by atoms with van der Waals surface area (Å²) in [6.45, 7) is 40.1. The first-order valence-corrected chi connectivity index (χ1v) is 40.9. The number of esters is 4. The summed E-state index contributed by atoms with van der Waals surface area (Å²) in [5, 5.41) is 0.